The van der Waals surface area contributed by atoms with Crippen molar-refractivity contribution in [3.63, 3.8) is 0 Å². The number of carbonyl (C=O) groups excluding carboxylic acids is 1. The molecule has 4 nitrogen and oxygen atoms in total. The van der Waals surface area contributed by atoms with E-state index in [1.54, 1.807) is 4.90 Å². The van der Waals surface area contributed by atoms with Crippen molar-refractivity contribution in [2.75, 3.05) is 11.4 Å². The standard InChI is InChI=1S/C22H23N3OS/c1-4-25(19-13-9-6-10-14-19)21(26)17(3)27-22-23-16(2)15-20(24-22)18-11-7-5-8-12-18/h5-15,17H,4H2,1-3H3/t17-/m0/s1. The Kier molecular flexibility index (Phi) is 6.24. The largest absolute Gasteiger partial charge is 0.312 e. The van der Waals surface area contributed by atoms with E-state index in [9.17, 15) is 4.79 Å². The van der Waals surface area contributed by atoms with Crippen molar-refractivity contribution in [1.29, 1.82) is 0 Å². The van der Waals surface area contributed by atoms with E-state index in [4.69, 9.17) is 0 Å². The topological polar surface area (TPSA) is 46.1 Å². The molecule has 0 aliphatic rings. The molecule has 0 N–H and O–H groups in total. The first-order valence-electron chi connectivity index (χ1n) is 9.02. The van der Waals surface area contributed by atoms with Crippen LogP contribution in [0.25, 0.3) is 11.3 Å². The molecule has 0 radical (unpaired) electrons. The molecule has 0 saturated heterocycles. The van der Waals surface area contributed by atoms with E-state index in [1.807, 2.05) is 87.5 Å². The number of hydrogen-bond acceptors (Lipinski definition) is 4. The molecule has 1 aromatic heterocycles. The summed E-state index contributed by atoms with van der Waals surface area (Å²) in [5.41, 5.74) is 3.72. The summed E-state index contributed by atoms with van der Waals surface area (Å²) in [6.45, 7) is 6.47. The second-order valence-electron chi connectivity index (χ2n) is 6.22. The summed E-state index contributed by atoms with van der Waals surface area (Å²) in [5, 5.41) is 0.342. The Bertz CT molecular complexity index is 900. The summed E-state index contributed by atoms with van der Waals surface area (Å²) in [5.74, 6) is 0.0556. The van der Waals surface area contributed by atoms with Gasteiger partial charge in [-0.2, -0.15) is 0 Å². The first kappa shape index (κ1) is 19.1. The summed E-state index contributed by atoms with van der Waals surface area (Å²) in [7, 11) is 0. The summed E-state index contributed by atoms with van der Waals surface area (Å²) in [4.78, 5) is 24.0. The third-order valence-electron chi connectivity index (χ3n) is 4.18. The van der Waals surface area contributed by atoms with Crippen LogP contribution >= 0.6 is 11.8 Å². The number of nitrogens with zero attached hydrogens (tertiary/aromatic N) is 3. The van der Waals surface area contributed by atoms with Crippen LogP contribution < -0.4 is 4.90 Å². The van der Waals surface area contributed by atoms with Crippen LogP contribution in [0.5, 0.6) is 0 Å². The number of hydrogen-bond donors (Lipinski definition) is 0. The molecule has 0 spiro atoms. The van der Waals surface area contributed by atoms with E-state index in [2.05, 4.69) is 9.97 Å². The predicted octanol–water partition coefficient (Wildman–Crippen LogP) is 4.99. The van der Waals surface area contributed by atoms with Crippen molar-refractivity contribution in [2.45, 2.75) is 31.2 Å². The van der Waals surface area contributed by atoms with Gasteiger partial charge in [0, 0.05) is 23.5 Å². The lowest BCUT2D eigenvalue weighted by atomic mass is 10.1. The Labute approximate surface area is 164 Å². The maximum atomic E-state index is 13.0. The Morgan fingerprint density at radius 3 is 2.30 bits per heavy atom. The summed E-state index contributed by atoms with van der Waals surface area (Å²) >= 11 is 1.40. The van der Waals surface area contributed by atoms with Crippen molar-refractivity contribution in [1.82, 2.24) is 9.97 Å². The van der Waals surface area contributed by atoms with Gasteiger partial charge in [-0.3, -0.25) is 4.79 Å². The summed E-state index contributed by atoms with van der Waals surface area (Å²) in [6, 6.07) is 21.7. The SMILES string of the molecule is CCN(C(=O)[C@H](C)Sc1nc(C)cc(-c2ccccc2)n1)c1ccccc1. The number of aryl methyl sites for hydroxylation is 1. The molecule has 2 aromatic carbocycles. The van der Waals surface area contributed by atoms with E-state index in [0.717, 1.165) is 22.6 Å². The number of amides is 1. The molecule has 0 saturated carbocycles. The van der Waals surface area contributed by atoms with Gasteiger partial charge in [-0.05, 0) is 39.0 Å². The van der Waals surface area contributed by atoms with Crippen LogP contribution in [0.4, 0.5) is 5.69 Å². The van der Waals surface area contributed by atoms with E-state index < -0.39 is 0 Å². The number of thioether (sulfide) groups is 1. The Morgan fingerprint density at radius 2 is 1.67 bits per heavy atom. The zero-order valence-corrected chi connectivity index (χ0v) is 16.6. The molecule has 0 unspecified atom stereocenters. The molecular weight excluding hydrogens is 354 g/mol. The Hall–Kier alpha value is -2.66. The molecule has 5 heteroatoms. The van der Waals surface area contributed by atoms with Gasteiger partial charge in [0.1, 0.15) is 0 Å². The maximum absolute atomic E-state index is 13.0. The average molecular weight is 378 g/mol. The summed E-state index contributed by atoms with van der Waals surface area (Å²) < 4.78 is 0. The molecule has 1 amide bonds. The van der Waals surface area contributed by atoms with Gasteiger partial charge in [0.2, 0.25) is 5.91 Å². The molecule has 1 heterocycles. The van der Waals surface area contributed by atoms with E-state index in [0.29, 0.717) is 11.7 Å². The van der Waals surface area contributed by atoms with Crippen LogP contribution in [0.15, 0.2) is 71.9 Å². The predicted molar refractivity (Wildman–Crippen MR) is 112 cm³/mol. The van der Waals surface area contributed by atoms with Crippen molar-refractivity contribution >= 4 is 23.4 Å². The van der Waals surface area contributed by atoms with E-state index in [1.165, 1.54) is 11.8 Å². The van der Waals surface area contributed by atoms with Crippen molar-refractivity contribution in [2.24, 2.45) is 0 Å². The van der Waals surface area contributed by atoms with Gasteiger partial charge in [-0.1, -0.05) is 60.3 Å². The van der Waals surface area contributed by atoms with Gasteiger partial charge in [-0.15, -0.1) is 0 Å². The van der Waals surface area contributed by atoms with Gasteiger partial charge in [0.25, 0.3) is 0 Å². The van der Waals surface area contributed by atoms with Crippen LogP contribution in [-0.4, -0.2) is 27.7 Å². The number of aromatic nitrogens is 2. The van der Waals surface area contributed by atoms with Crippen LogP contribution in [-0.2, 0) is 4.79 Å². The normalized spacial score (nSPS) is 11.8. The number of anilines is 1. The first-order valence-corrected chi connectivity index (χ1v) is 9.90. The van der Waals surface area contributed by atoms with Crippen LogP contribution in [0.3, 0.4) is 0 Å². The minimum atomic E-state index is -0.282. The van der Waals surface area contributed by atoms with Crippen LogP contribution in [0, 0.1) is 6.92 Å². The fourth-order valence-corrected chi connectivity index (χ4v) is 3.74. The molecule has 138 valence electrons. The minimum Gasteiger partial charge on any atom is -0.312 e. The Morgan fingerprint density at radius 1 is 1.04 bits per heavy atom. The molecule has 3 aromatic rings. The zero-order chi connectivity index (χ0) is 19.2. The zero-order valence-electron chi connectivity index (χ0n) is 15.8. The molecule has 3 rings (SSSR count). The average Bonchev–Trinajstić information content (AvgIpc) is 2.69. The fraction of sp³-hybridized carbons (Fsp3) is 0.227. The van der Waals surface area contributed by atoms with Crippen LogP contribution in [0.1, 0.15) is 19.5 Å². The third kappa shape index (κ3) is 4.74. The number of para-hydroxylation sites is 1. The number of carbonyl (C=O) groups is 1. The number of rotatable bonds is 6. The van der Waals surface area contributed by atoms with E-state index >= 15 is 0 Å². The molecular formula is C22H23N3OS. The monoisotopic (exact) mass is 377 g/mol. The van der Waals surface area contributed by atoms with Crippen molar-refractivity contribution in [3.05, 3.63) is 72.4 Å². The maximum Gasteiger partial charge on any atom is 0.240 e. The number of benzene rings is 2. The second-order valence-corrected chi connectivity index (χ2v) is 7.53. The Balaban J connectivity index is 1.80. The second kappa shape index (κ2) is 8.82. The van der Waals surface area contributed by atoms with Crippen molar-refractivity contribution in [3.8, 4) is 11.3 Å². The van der Waals surface area contributed by atoms with Crippen LogP contribution in [0.2, 0.25) is 0 Å². The lowest BCUT2D eigenvalue weighted by molar-refractivity contribution is -0.117. The highest BCUT2D eigenvalue weighted by Gasteiger charge is 2.23. The van der Waals surface area contributed by atoms with Gasteiger partial charge >= 0.3 is 0 Å². The van der Waals surface area contributed by atoms with Crippen molar-refractivity contribution < 1.29 is 4.79 Å². The van der Waals surface area contributed by atoms with Gasteiger partial charge in [0.15, 0.2) is 5.16 Å². The first-order chi connectivity index (χ1) is 13.1. The van der Waals surface area contributed by atoms with Gasteiger partial charge < -0.3 is 4.90 Å². The molecule has 0 aliphatic heterocycles. The highest BCUT2D eigenvalue weighted by Crippen LogP contribution is 2.26. The van der Waals surface area contributed by atoms with E-state index in [-0.39, 0.29) is 11.2 Å². The molecule has 27 heavy (non-hydrogen) atoms. The van der Waals surface area contributed by atoms with Gasteiger partial charge in [-0.25, -0.2) is 9.97 Å². The highest BCUT2D eigenvalue weighted by molar-refractivity contribution is 8.00. The third-order valence-corrected chi connectivity index (χ3v) is 5.13. The van der Waals surface area contributed by atoms with Gasteiger partial charge in [0.05, 0.1) is 10.9 Å². The molecule has 1 atom stereocenters. The smallest absolute Gasteiger partial charge is 0.240 e. The lowest BCUT2D eigenvalue weighted by Crippen LogP contribution is -2.36. The highest BCUT2D eigenvalue weighted by atomic mass is 32.2. The quantitative estimate of drug-likeness (QED) is 0.449. The minimum absolute atomic E-state index is 0.0556. The molecule has 0 bridgehead atoms. The fourth-order valence-electron chi connectivity index (χ4n) is 2.85. The molecule has 0 aliphatic carbocycles. The lowest BCUT2D eigenvalue weighted by Gasteiger charge is -2.24. The molecule has 0 fully saturated rings. The summed E-state index contributed by atoms with van der Waals surface area (Å²) in [6.07, 6.45) is 0.